The van der Waals surface area contributed by atoms with E-state index in [1.54, 1.807) is 6.26 Å². The highest BCUT2D eigenvalue weighted by atomic mass is 32.1. The van der Waals surface area contributed by atoms with E-state index in [9.17, 15) is 5.11 Å². The minimum Gasteiger partial charge on any atom is -0.467 e. The van der Waals surface area contributed by atoms with Crippen LogP contribution in [0.1, 0.15) is 60.0 Å². The molecule has 5 heteroatoms. The first-order valence-electron chi connectivity index (χ1n) is 9.12. The normalized spacial score (nSPS) is 25.8. The van der Waals surface area contributed by atoms with Gasteiger partial charge in [-0.15, -0.1) is 11.3 Å². The van der Waals surface area contributed by atoms with Crippen molar-refractivity contribution in [1.82, 2.24) is 9.88 Å². The molecule has 130 valence electrons. The average molecular weight is 346 g/mol. The van der Waals surface area contributed by atoms with Gasteiger partial charge in [0.15, 0.2) is 0 Å². The lowest BCUT2D eigenvalue weighted by molar-refractivity contribution is 0.0995. The molecule has 1 aliphatic carbocycles. The number of hydrogen-bond acceptors (Lipinski definition) is 5. The highest BCUT2D eigenvalue weighted by molar-refractivity contribution is 7.11. The number of fused-ring (bicyclic) bond motifs is 1. The predicted octanol–water partition coefficient (Wildman–Crippen LogP) is 3.95. The fourth-order valence-electron chi connectivity index (χ4n) is 4.06. The molecule has 0 spiro atoms. The number of nitrogens with zero attached hydrogens (tertiary/aromatic N) is 2. The molecule has 3 unspecified atom stereocenters. The first kappa shape index (κ1) is 16.3. The lowest BCUT2D eigenvalue weighted by Gasteiger charge is -2.25. The maximum absolute atomic E-state index is 10.4. The second kappa shape index (κ2) is 6.98. The summed E-state index contributed by atoms with van der Waals surface area (Å²) < 4.78 is 5.35. The number of likely N-dealkylation sites (tertiary alicyclic amines) is 1. The fourth-order valence-corrected chi connectivity index (χ4v) is 5.36. The van der Waals surface area contributed by atoms with Crippen LogP contribution in [0.4, 0.5) is 0 Å². The number of hydrogen-bond donors (Lipinski definition) is 1. The Morgan fingerprint density at radius 2 is 2.38 bits per heavy atom. The number of aliphatic hydroxyl groups excluding tert-OH is 1. The SMILES string of the molecule is CC1CCc2nc(CN3CCCC3CC(O)c3ccco3)sc2C1. The van der Waals surface area contributed by atoms with Crippen LogP contribution in [-0.2, 0) is 19.4 Å². The highest BCUT2D eigenvalue weighted by Gasteiger charge is 2.29. The van der Waals surface area contributed by atoms with Crippen molar-refractivity contribution in [2.45, 2.75) is 64.1 Å². The summed E-state index contributed by atoms with van der Waals surface area (Å²) in [5, 5.41) is 11.6. The molecular formula is C19H26N2O2S. The zero-order valence-corrected chi connectivity index (χ0v) is 15.1. The summed E-state index contributed by atoms with van der Waals surface area (Å²) in [7, 11) is 0. The predicted molar refractivity (Wildman–Crippen MR) is 95.0 cm³/mol. The Labute approximate surface area is 147 Å². The Morgan fingerprint density at radius 3 is 3.21 bits per heavy atom. The number of furan rings is 1. The third kappa shape index (κ3) is 3.44. The fraction of sp³-hybridized carbons (Fsp3) is 0.632. The molecule has 4 nitrogen and oxygen atoms in total. The van der Waals surface area contributed by atoms with Gasteiger partial charge in [0.25, 0.3) is 0 Å². The van der Waals surface area contributed by atoms with Gasteiger partial charge >= 0.3 is 0 Å². The van der Waals surface area contributed by atoms with Crippen LogP contribution in [-0.4, -0.2) is 27.6 Å². The summed E-state index contributed by atoms with van der Waals surface area (Å²) in [6, 6.07) is 4.12. The van der Waals surface area contributed by atoms with E-state index in [4.69, 9.17) is 9.40 Å². The Hall–Kier alpha value is -1.17. The number of aromatic nitrogens is 1. The van der Waals surface area contributed by atoms with Crippen molar-refractivity contribution in [3.05, 3.63) is 39.7 Å². The van der Waals surface area contributed by atoms with E-state index in [0.717, 1.165) is 38.3 Å². The van der Waals surface area contributed by atoms with E-state index in [2.05, 4.69) is 11.8 Å². The average Bonchev–Trinajstić information content (AvgIpc) is 3.28. The number of aryl methyl sites for hydroxylation is 1. The summed E-state index contributed by atoms with van der Waals surface area (Å²) in [4.78, 5) is 8.92. The summed E-state index contributed by atoms with van der Waals surface area (Å²) >= 11 is 1.91. The van der Waals surface area contributed by atoms with Crippen LogP contribution < -0.4 is 0 Å². The minimum atomic E-state index is -0.504. The van der Waals surface area contributed by atoms with Crippen molar-refractivity contribution in [3.63, 3.8) is 0 Å². The Bertz CT molecular complexity index is 667. The molecule has 1 saturated heterocycles. The maximum atomic E-state index is 10.4. The standard InChI is InChI=1S/C19H26N2O2S/c1-13-6-7-15-18(10-13)24-19(20-15)12-21-8-2-4-14(21)11-16(22)17-5-3-9-23-17/h3,5,9,13-14,16,22H,2,4,6-8,10-12H2,1H3. The van der Waals surface area contributed by atoms with Crippen LogP contribution in [0.3, 0.4) is 0 Å². The Kier molecular flexibility index (Phi) is 4.74. The third-order valence-electron chi connectivity index (χ3n) is 5.43. The van der Waals surface area contributed by atoms with Crippen molar-refractivity contribution in [2.75, 3.05) is 6.54 Å². The lowest BCUT2D eigenvalue weighted by Crippen LogP contribution is -2.30. The molecule has 1 N–H and O–H groups in total. The lowest BCUT2D eigenvalue weighted by atomic mass is 9.93. The van der Waals surface area contributed by atoms with Crippen LogP contribution in [0.25, 0.3) is 0 Å². The Balaban J connectivity index is 1.40. The molecule has 3 atom stereocenters. The molecule has 1 aliphatic heterocycles. The molecule has 0 aromatic carbocycles. The van der Waals surface area contributed by atoms with Crippen molar-refractivity contribution >= 4 is 11.3 Å². The van der Waals surface area contributed by atoms with Gasteiger partial charge in [0.05, 0.1) is 18.5 Å². The molecular weight excluding hydrogens is 320 g/mol. The van der Waals surface area contributed by atoms with Gasteiger partial charge in [0.1, 0.15) is 16.9 Å². The molecule has 0 bridgehead atoms. The van der Waals surface area contributed by atoms with E-state index in [-0.39, 0.29) is 0 Å². The van der Waals surface area contributed by atoms with Gasteiger partial charge in [-0.25, -0.2) is 4.98 Å². The van der Waals surface area contributed by atoms with Gasteiger partial charge in [0.2, 0.25) is 0 Å². The summed E-state index contributed by atoms with van der Waals surface area (Å²) in [5.41, 5.74) is 1.35. The third-order valence-corrected chi connectivity index (χ3v) is 6.54. The van der Waals surface area contributed by atoms with Crippen molar-refractivity contribution in [2.24, 2.45) is 5.92 Å². The zero-order chi connectivity index (χ0) is 16.5. The second-order valence-corrected chi connectivity index (χ2v) is 8.53. The summed E-state index contributed by atoms with van der Waals surface area (Å²) in [6.07, 6.45) is 7.86. The second-order valence-electron chi connectivity index (χ2n) is 7.36. The van der Waals surface area contributed by atoms with Gasteiger partial charge in [-0.1, -0.05) is 6.92 Å². The van der Waals surface area contributed by atoms with E-state index in [0.29, 0.717) is 11.8 Å². The maximum Gasteiger partial charge on any atom is 0.132 e. The van der Waals surface area contributed by atoms with Crippen molar-refractivity contribution < 1.29 is 9.52 Å². The Morgan fingerprint density at radius 1 is 1.46 bits per heavy atom. The first-order chi connectivity index (χ1) is 11.7. The van der Waals surface area contributed by atoms with E-state index < -0.39 is 6.10 Å². The molecule has 3 heterocycles. The zero-order valence-electron chi connectivity index (χ0n) is 14.3. The topological polar surface area (TPSA) is 49.5 Å². The number of thiazole rings is 1. The highest BCUT2D eigenvalue weighted by Crippen LogP contribution is 2.33. The van der Waals surface area contributed by atoms with Gasteiger partial charge in [-0.05, 0) is 63.1 Å². The van der Waals surface area contributed by atoms with E-state index in [1.807, 2.05) is 23.5 Å². The van der Waals surface area contributed by atoms with Crippen LogP contribution in [0.15, 0.2) is 22.8 Å². The van der Waals surface area contributed by atoms with Crippen molar-refractivity contribution in [1.29, 1.82) is 0 Å². The monoisotopic (exact) mass is 346 g/mol. The summed E-state index contributed by atoms with van der Waals surface area (Å²) in [5.74, 6) is 1.48. The largest absolute Gasteiger partial charge is 0.467 e. The quantitative estimate of drug-likeness (QED) is 0.890. The molecule has 0 saturated carbocycles. The van der Waals surface area contributed by atoms with Crippen molar-refractivity contribution in [3.8, 4) is 0 Å². The van der Waals surface area contributed by atoms with Crippen LogP contribution in [0, 0.1) is 5.92 Å². The van der Waals surface area contributed by atoms with Gasteiger partial charge in [0, 0.05) is 10.9 Å². The van der Waals surface area contributed by atoms with Gasteiger partial charge in [-0.3, -0.25) is 4.90 Å². The molecule has 2 aromatic heterocycles. The molecule has 4 rings (SSSR count). The van der Waals surface area contributed by atoms with Crippen LogP contribution in [0.2, 0.25) is 0 Å². The van der Waals surface area contributed by atoms with E-state index >= 15 is 0 Å². The summed E-state index contributed by atoms with van der Waals surface area (Å²) in [6.45, 7) is 4.38. The van der Waals surface area contributed by atoms with Crippen LogP contribution in [0.5, 0.6) is 0 Å². The van der Waals surface area contributed by atoms with Gasteiger partial charge < -0.3 is 9.52 Å². The molecule has 2 aromatic rings. The minimum absolute atomic E-state index is 0.421. The molecule has 0 amide bonds. The molecule has 1 fully saturated rings. The number of rotatable bonds is 5. The number of aliphatic hydroxyl groups is 1. The van der Waals surface area contributed by atoms with Gasteiger partial charge in [-0.2, -0.15) is 0 Å². The molecule has 2 aliphatic rings. The van der Waals surface area contributed by atoms with Crippen LogP contribution >= 0.6 is 11.3 Å². The van der Waals surface area contributed by atoms with E-state index in [1.165, 1.54) is 34.8 Å². The smallest absolute Gasteiger partial charge is 0.132 e. The first-order valence-corrected chi connectivity index (χ1v) is 9.93. The molecule has 24 heavy (non-hydrogen) atoms. The molecule has 0 radical (unpaired) electrons.